The zero-order valence-corrected chi connectivity index (χ0v) is 13.6. The first-order valence-electron chi connectivity index (χ1n) is 6.62. The van der Waals surface area contributed by atoms with E-state index in [2.05, 4.69) is 20.7 Å². The van der Waals surface area contributed by atoms with E-state index < -0.39 is 0 Å². The number of carbonyl (C=O) groups is 2. The predicted molar refractivity (Wildman–Crippen MR) is 83.2 cm³/mol. The highest BCUT2D eigenvalue weighted by Gasteiger charge is 2.26. The Morgan fingerprint density at radius 3 is 2.33 bits per heavy atom. The molecule has 114 valence electrons. The Balaban J connectivity index is 2.11. The van der Waals surface area contributed by atoms with E-state index in [1.807, 2.05) is 6.92 Å². The number of halogens is 1. The van der Waals surface area contributed by atoms with Crippen LogP contribution in [0.15, 0.2) is 16.6 Å². The van der Waals surface area contributed by atoms with Crippen molar-refractivity contribution in [1.29, 1.82) is 0 Å². The van der Waals surface area contributed by atoms with Gasteiger partial charge in [-0.25, -0.2) is 4.79 Å². The minimum atomic E-state index is -0.357. The van der Waals surface area contributed by atoms with Crippen molar-refractivity contribution in [2.45, 2.75) is 6.92 Å². The molecule has 1 aliphatic rings. The Labute approximate surface area is 132 Å². The number of nitrogens with zero attached hydrogens (tertiary/aromatic N) is 2. The number of amides is 2. The van der Waals surface area contributed by atoms with Gasteiger partial charge in [0.25, 0.3) is 5.91 Å². The molecule has 0 aliphatic carbocycles. The Morgan fingerprint density at radius 2 is 1.76 bits per heavy atom. The van der Waals surface area contributed by atoms with Crippen LogP contribution in [0.1, 0.15) is 15.9 Å². The summed E-state index contributed by atoms with van der Waals surface area (Å²) in [5, 5.41) is 0. The van der Waals surface area contributed by atoms with Gasteiger partial charge >= 0.3 is 6.09 Å². The molecule has 1 fully saturated rings. The Hall–Kier alpha value is -1.76. The van der Waals surface area contributed by atoms with Crippen LogP contribution >= 0.6 is 15.9 Å². The number of nitrogens with two attached hydrogens (primary N) is 1. The van der Waals surface area contributed by atoms with Crippen LogP contribution in [0.4, 0.5) is 10.5 Å². The molecule has 0 bridgehead atoms. The maximum absolute atomic E-state index is 12.6. The molecule has 1 heterocycles. The number of rotatable bonds is 1. The van der Waals surface area contributed by atoms with Crippen molar-refractivity contribution in [3.63, 3.8) is 0 Å². The summed E-state index contributed by atoms with van der Waals surface area (Å²) >= 11 is 3.36. The second-order valence-corrected chi connectivity index (χ2v) is 5.83. The second kappa shape index (κ2) is 6.34. The first-order chi connectivity index (χ1) is 9.93. The molecule has 1 aliphatic heterocycles. The van der Waals surface area contributed by atoms with Gasteiger partial charge in [0, 0.05) is 41.9 Å². The molecule has 1 aromatic rings. The van der Waals surface area contributed by atoms with E-state index in [4.69, 9.17) is 5.73 Å². The van der Waals surface area contributed by atoms with E-state index >= 15 is 0 Å². The first-order valence-corrected chi connectivity index (χ1v) is 7.41. The molecule has 7 heteroatoms. The number of hydrogen-bond acceptors (Lipinski definition) is 4. The fourth-order valence-electron chi connectivity index (χ4n) is 2.31. The average Bonchev–Trinajstić information content (AvgIpc) is 2.49. The summed E-state index contributed by atoms with van der Waals surface area (Å²) in [6.45, 7) is 3.75. The van der Waals surface area contributed by atoms with Crippen LogP contribution in [0.3, 0.4) is 0 Å². The molecule has 0 unspecified atom stereocenters. The molecule has 0 saturated carbocycles. The maximum Gasteiger partial charge on any atom is 0.409 e. The van der Waals surface area contributed by atoms with Gasteiger partial charge in [0.05, 0.1) is 7.11 Å². The van der Waals surface area contributed by atoms with Gasteiger partial charge in [-0.2, -0.15) is 0 Å². The Morgan fingerprint density at radius 1 is 1.19 bits per heavy atom. The summed E-state index contributed by atoms with van der Waals surface area (Å²) in [6.07, 6.45) is -0.357. The van der Waals surface area contributed by atoms with Crippen molar-refractivity contribution in [3.05, 3.63) is 27.7 Å². The largest absolute Gasteiger partial charge is 0.453 e. The fourth-order valence-corrected chi connectivity index (χ4v) is 2.79. The third-order valence-electron chi connectivity index (χ3n) is 3.64. The number of carbonyl (C=O) groups excluding carboxylic acids is 2. The Bertz CT molecular complexity index is 569. The summed E-state index contributed by atoms with van der Waals surface area (Å²) in [7, 11) is 1.35. The summed E-state index contributed by atoms with van der Waals surface area (Å²) in [6, 6.07) is 3.56. The molecule has 2 rings (SSSR count). The van der Waals surface area contributed by atoms with Gasteiger partial charge in [-0.1, -0.05) is 15.9 Å². The van der Waals surface area contributed by atoms with E-state index in [0.717, 1.165) is 10.0 Å². The molecule has 1 saturated heterocycles. The maximum atomic E-state index is 12.6. The third-order valence-corrected chi connectivity index (χ3v) is 4.10. The van der Waals surface area contributed by atoms with Gasteiger partial charge in [-0.15, -0.1) is 0 Å². The van der Waals surface area contributed by atoms with Crippen molar-refractivity contribution in [2.24, 2.45) is 0 Å². The zero-order chi connectivity index (χ0) is 15.6. The van der Waals surface area contributed by atoms with Gasteiger partial charge in [-0.05, 0) is 24.6 Å². The van der Waals surface area contributed by atoms with Crippen LogP contribution in [-0.4, -0.2) is 55.1 Å². The number of nitrogen functional groups attached to an aromatic ring is 1. The number of methoxy groups -OCH3 is 1. The molecule has 2 N–H and O–H groups in total. The van der Waals surface area contributed by atoms with Crippen molar-refractivity contribution >= 4 is 33.6 Å². The van der Waals surface area contributed by atoms with Crippen molar-refractivity contribution in [3.8, 4) is 0 Å². The highest BCUT2D eigenvalue weighted by molar-refractivity contribution is 9.10. The lowest BCUT2D eigenvalue weighted by Crippen LogP contribution is -2.50. The van der Waals surface area contributed by atoms with E-state index in [0.29, 0.717) is 37.4 Å². The smallest absolute Gasteiger partial charge is 0.409 e. The lowest BCUT2D eigenvalue weighted by Gasteiger charge is -2.34. The molecule has 1 aromatic carbocycles. The quantitative estimate of drug-likeness (QED) is 0.780. The van der Waals surface area contributed by atoms with Crippen LogP contribution in [0.5, 0.6) is 0 Å². The van der Waals surface area contributed by atoms with E-state index in [1.54, 1.807) is 21.9 Å². The predicted octanol–water partition coefficient (Wildman–Crippen LogP) is 1.86. The van der Waals surface area contributed by atoms with Crippen LogP contribution in [-0.2, 0) is 4.74 Å². The molecular formula is C14H18BrN3O3. The molecule has 21 heavy (non-hydrogen) atoms. The van der Waals surface area contributed by atoms with Crippen LogP contribution < -0.4 is 5.73 Å². The molecule has 0 atom stereocenters. The first kappa shape index (κ1) is 15.6. The number of ether oxygens (including phenoxy) is 1. The number of hydrogen-bond donors (Lipinski definition) is 1. The second-order valence-electron chi connectivity index (χ2n) is 4.92. The van der Waals surface area contributed by atoms with Crippen LogP contribution in [0.25, 0.3) is 0 Å². The molecule has 6 nitrogen and oxygen atoms in total. The standard InChI is InChI=1S/C14H18BrN3O3/c1-9-11(7-10(15)8-12(9)16)13(19)17-3-5-18(6-4-17)14(20)21-2/h7-8H,3-6,16H2,1-2H3. The third kappa shape index (κ3) is 3.29. The summed E-state index contributed by atoms with van der Waals surface area (Å²) in [4.78, 5) is 27.3. The van der Waals surface area contributed by atoms with Crippen molar-refractivity contribution < 1.29 is 14.3 Å². The SMILES string of the molecule is COC(=O)N1CCN(C(=O)c2cc(Br)cc(N)c2C)CC1. The van der Waals surface area contributed by atoms with Gasteiger partial charge in [0.15, 0.2) is 0 Å². The average molecular weight is 356 g/mol. The minimum absolute atomic E-state index is 0.0648. The number of benzene rings is 1. The molecule has 2 amide bonds. The number of piperazine rings is 1. The lowest BCUT2D eigenvalue weighted by molar-refractivity contribution is 0.0599. The Kier molecular flexibility index (Phi) is 4.72. The van der Waals surface area contributed by atoms with E-state index in [9.17, 15) is 9.59 Å². The van der Waals surface area contributed by atoms with E-state index in [1.165, 1.54) is 7.11 Å². The summed E-state index contributed by atoms with van der Waals surface area (Å²) in [5.74, 6) is -0.0648. The van der Waals surface area contributed by atoms with Gasteiger partial charge < -0.3 is 20.3 Å². The number of anilines is 1. The highest BCUT2D eigenvalue weighted by Crippen LogP contribution is 2.24. The summed E-state index contributed by atoms with van der Waals surface area (Å²) in [5.41, 5.74) is 7.85. The fraction of sp³-hybridized carbons (Fsp3) is 0.429. The van der Waals surface area contributed by atoms with Crippen LogP contribution in [0.2, 0.25) is 0 Å². The minimum Gasteiger partial charge on any atom is -0.453 e. The van der Waals surface area contributed by atoms with Gasteiger partial charge in [-0.3, -0.25) is 4.79 Å². The molecular weight excluding hydrogens is 338 g/mol. The van der Waals surface area contributed by atoms with Crippen molar-refractivity contribution in [2.75, 3.05) is 39.0 Å². The van der Waals surface area contributed by atoms with Crippen LogP contribution in [0, 0.1) is 6.92 Å². The zero-order valence-electron chi connectivity index (χ0n) is 12.1. The van der Waals surface area contributed by atoms with Crippen molar-refractivity contribution in [1.82, 2.24) is 9.80 Å². The van der Waals surface area contributed by atoms with Gasteiger partial charge in [0.1, 0.15) is 0 Å². The highest BCUT2D eigenvalue weighted by atomic mass is 79.9. The van der Waals surface area contributed by atoms with Gasteiger partial charge in [0.2, 0.25) is 0 Å². The molecule has 0 radical (unpaired) electrons. The lowest BCUT2D eigenvalue weighted by atomic mass is 10.1. The normalized spacial score (nSPS) is 15.0. The molecule has 0 spiro atoms. The topological polar surface area (TPSA) is 75.9 Å². The monoisotopic (exact) mass is 355 g/mol. The van der Waals surface area contributed by atoms with E-state index in [-0.39, 0.29) is 12.0 Å². The molecule has 0 aromatic heterocycles. The summed E-state index contributed by atoms with van der Waals surface area (Å²) < 4.78 is 5.46.